The molecule has 3 aromatic rings. The van der Waals surface area contributed by atoms with E-state index in [0.717, 1.165) is 28.0 Å². The standard InChI is InChI=1S/C26H21Cl2NO4/c1-15-8-22-20(13-29(14-32-22)12-17-6-7-18(27)11-21(17)28)26-24(15)25(30)23(33-26)10-16-4-3-5-19(9-16)31-2/h3-11H,12-14H2,1-2H3/b23-10-. The van der Waals surface area contributed by atoms with Gasteiger partial charge in [0.25, 0.3) is 0 Å². The highest BCUT2D eigenvalue weighted by atomic mass is 35.5. The molecule has 33 heavy (non-hydrogen) atoms. The van der Waals surface area contributed by atoms with Gasteiger partial charge >= 0.3 is 0 Å². The van der Waals surface area contributed by atoms with Gasteiger partial charge in [-0.2, -0.15) is 0 Å². The second-order valence-corrected chi connectivity index (χ2v) is 8.93. The molecular weight excluding hydrogens is 461 g/mol. The van der Waals surface area contributed by atoms with Crippen LogP contribution in [0.1, 0.15) is 32.6 Å². The van der Waals surface area contributed by atoms with Crippen LogP contribution in [0, 0.1) is 6.92 Å². The van der Waals surface area contributed by atoms with E-state index in [1.165, 1.54) is 0 Å². The Balaban J connectivity index is 1.45. The summed E-state index contributed by atoms with van der Waals surface area (Å²) in [6.45, 7) is 3.46. The molecule has 2 aliphatic rings. The fraction of sp³-hybridized carbons (Fsp3) is 0.192. The Bertz CT molecular complexity index is 1300. The third-order valence-corrected chi connectivity index (χ3v) is 6.38. The number of carbonyl (C=O) groups excluding carboxylic acids is 1. The van der Waals surface area contributed by atoms with Gasteiger partial charge in [0.1, 0.15) is 24.0 Å². The van der Waals surface area contributed by atoms with Gasteiger partial charge in [-0.25, -0.2) is 0 Å². The van der Waals surface area contributed by atoms with Gasteiger partial charge in [-0.1, -0.05) is 41.4 Å². The lowest BCUT2D eigenvalue weighted by atomic mass is 9.98. The minimum Gasteiger partial charge on any atom is -0.497 e. The molecule has 7 heteroatoms. The van der Waals surface area contributed by atoms with Crippen molar-refractivity contribution in [2.75, 3.05) is 13.8 Å². The van der Waals surface area contributed by atoms with Crippen molar-refractivity contribution in [1.82, 2.24) is 4.90 Å². The number of hydrogen-bond donors (Lipinski definition) is 0. The maximum Gasteiger partial charge on any atom is 0.232 e. The van der Waals surface area contributed by atoms with Gasteiger partial charge < -0.3 is 14.2 Å². The number of aryl methyl sites for hydroxylation is 1. The molecular formula is C26H21Cl2NO4. The molecule has 0 fully saturated rings. The van der Waals surface area contributed by atoms with Gasteiger partial charge in [0.15, 0.2) is 5.76 Å². The van der Waals surface area contributed by atoms with Crippen molar-refractivity contribution in [3.63, 3.8) is 0 Å². The topological polar surface area (TPSA) is 48.0 Å². The zero-order valence-electron chi connectivity index (χ0n) is 18.2. The van der Waals surface area contributed by atoms with E-state index in [2.05, 4.69) is 4.90 Å². The SMILES string of the molecule is COc1cccc(/C=C2\Oc3c4c(cc(C)c3C2=O)OCN(Cc2ccc(Cl)cc2Cl)C4)c1. The minimum absolute atomic E-state index is 0.133. The molecule has 0 saturated carbocycles. The van der Waals surface area contributed by atoms with E-state index in [1.54, 1.807) is 19.3 Å². The first-order valence-corrected chi connectivity index (χ1v) is 11.2. The van der Waals surface area contributed by atoms with Gasteiger partial charge in [0.2, 0.25) is 5.78 Å². The Morgan fingerprint density at radius 1 is 1.15 bits per heavy atom. The van der Waals surface area contributed by atoms with Crippen LogP contribution in [0.25, 0.3) is 6.08 Å². The summed E-state index contributed by atoms with van der Waals surface area (Å²) in [5.41, 5.74) is 4.05. The summed E-state index contributed by atoms with van der Waals surface area (Å²) in [5, 5.41) is 1.21. The Kier molecular flexibility index (Phi) is 5.79. The number of fused-ring (bicyclic) bond motifs is 3. The largest absolute Gasteiger partial charge is 0.497 e. The van der Waals surface area contributed by atoms with Crippen molar-refractivity contribution in [2.24, 2.45) is 0 Å². The van der Waals surface area contributed by atoms with Crippen LogP contribution >= 0.6 is 23.2 Å². The number of carbonyl (C=O) groups is 1. The van der Waals surface area contributed by atoms with E-state index in [9.17, 15) is 4.79 Å². The van der Waals surface area contributed by atoms with Crippen molar-refractivity contribution in [3.05, 3.63) is 92.2 Å². The fourth-order valence-electron chi connectivity index (χ4n) is 4.15. The number of methoxy groups -OCH3 is 1. The maximum atomic E-state index is 13.2. The second kappa shape index (κ2) is 8.75. The first kappa shape index (κ1) is 21.8. The number of ketones is 1. The molecule has 168 valence electrons. The van der Waals surface area contributed by atoms with Crippen molar-refractivity contribution < 1.29 is 19.0 Å². The molecule has 0 radical (unpaired) electrons. The van der Waals surface area contributed by atoms with Crippen LogP contribution in [0.2, 0.25) is 10.0 Å². The van der Waals surface area contributed by atoms with E-state index < -0.39 is 0 Å². The minimum atomic E-state index is -0.133. The monoisotopic (exact) mass is 481 g/mol. The number of hydrogen-bond acceptors (Lipinski definition) is 5. The zero-order chi connectivity index (χ0) is 23.1. The molecule has 0 bridgehead atoms. The molecule has 3 aromatic carbocycles. The number of allylic oxidation sites excluding steroid dienone is 1. The molecule has 0 amide bonds. The summed E-state index contributed by atoms with van der Waals surface area (Å²) in [5.74, 6) is 2.17. The number of benzene rings is 3. The smallest absolute Gasteiger partial charge is 0.232 e. The number of nitrogens with zero attached hydrogens (tertiary/aromatic N) is 1. The molecule has 5 nitrogen and oxygen atoms in total. The number of rotatable bonds is 4. The normalized spacial score (nSPS) is 16.2. The third-order valence-electron chi connectivity index (χ3n) is 5.79. The Hall–Kier alpha value is -2.99. The molecule has 0 N–H and O–H groups in total. The van der Waals surface area contributed by atoms with E-state index in [1.807, 2.05) is 49.4 Å². The van der Waals surface area contributed by atoms with Crippen molar-refractivity contribution in [1.29, 1.82) is 0 Å². The molecule has 2 heterocycles. The zero-order valence-corrected chi connectivity index (χ0v) is 19.7. The van der Waals surface area contributed by atoms with Crippen molar-refractivity contribution in [3.8, 4) is 17.2 Å². The van der Waals surface area contributed by atoms with Crippen LogP contribution < -0.4 is 14.2 Å². The second-order valence-electron chi connectivity index (χ2n) is 8.09. The number of Topliss-reactive ketones (excluding diaryl/α,β-unsaturated/α-hetero) is 1. The van der Waals surface area contributed by atoms with E-state index in [0.29, 0.717) is 46.9 Å². The summed E-state index contributed by atoms with van der Waals surface area (Å²) in [6, 6.07) is 14.9. The number of ether oxygens (including phenoxy) is 3. The fourth-order valence-corrected chi connectivity index (χ4v) is 4.62. The molecule has 5 rings (SSSR count). The maximum absolute atomic E-state index is 13.2. The lowest BCUT2D eigenvalue weighted by Crippen LogP contribution is -2.32. The van der Waals surface area contributed by atoms with E-state index in [-0.39, 0.29) is 11.5 Å². The lowest BCUT2D eigenvalue weighted by Gasteiger charge is -2.30. The average Bonchev–Trinajstić information content (AvgIpc) is 3.13. The Labute approximate surface area is 202 Å². The van der Waals surface area contributed by atoms with Gasteiger partial charge in [-0.15, -0.1) is 0 Å². The molecule has 0 aromatic heterocycles. The quantitative estimate of drug-likeness (QED) is 0.410. The van der Waals surface area contributed by atoms with Crippen molar-refractivity contribution in [2.45, 2.75) is 20.0 Å². The summed E-state index contributed by atoms with van der Waals surface area (Å²) in [6.07, 6.45) is 1.74. The summed E-state index contributed by atoms with van der Waals surface area (Å²) in [7, 11) is 1.61. The van der Waals surface area contributed by atoms with E-state index in [4.69, 9.17) is 37.4 Å². The van der Waals surface area contributed by atoms with Crippen LogP contribution in [-0.2, 0) is 13.1 Å². The molecule has 0 aliphatic carbocycles. The molecule has 0 unspecified atom stereocenters. The summed E-state index contributed by atoms with van der Waals surface area (Å²) >= 11 is 12.4. The molecule has 2 aliphatic heterocycles. The van der Waals surface area contributed by atoms with Crippen LogP contribution in [0.4, 0.5) is 0 Å². The molecule has 0 atom stereocenters. The highest BCUT2D eigenvalue weighted by Crippen LogP contribution is 2.44. The average molecular weight is 482 g/mol. The van der Waals surface area contributed by atoms with E-state index >= 15 is 0 Å². The van der Waals surface area contributed by atoms with Gasteiger partial charge in [-0.05, 0) is 60.0 Å². The van der Waals surface area contributed by atoms with Crippen LogP contribution in [-0.4, -0.2) is 24.5 Å². The Morgan fingerprint density at radius 3 is 2.79 bits per heavy atom. The van der Waals surface area contributed by atoms with Crippen LogP contribution in [0.5, 0.6) is 17.2 Å². The Morgan fingerprint density at radius 2 is 2.00 bits per heavy atom. The van der Waals surface area contributed by atoms with Crippen LogP contribution in [0.15, 0.2) is 54.3 Å². The van der Waals surface area contributed by atoms with Gasteiger partial charge in [0.05, 0.1) is 18.2 Å². The van der Waals surface area contributed by atoms with Gasteiger partial charge in [0, 0.05) is 23.1 Å². The highest BCUT2D eigenvalue weighted by molar-refractivity contribution is 6.35. The van der Waals surface area contributed by atoms with Crippen molar-refractivity contribution >= 4 is 35.1 Å². The summed E-state index contributed by atoms with van der Waals surface area (Å²) < 4.78 is 17.4. The number of halogens is 2. The molecule has 0 spiro atoms. The van der Waals surface area contributed by atoms with Crippen LogP contribution in [0.3, 0.4) is 0 Å². The third kappa shape index (κ3) is 4.20. The highest BCUT2D eigenvalue weighted by Gasteiger charge is 2.35. The predicted octanol–water partition coefficient (Wildman–Crippen LogP) is 6.28. The predicted molar refractivity (Wildman–Crippen MR) is 128 cm³/mol. The first-order chi connectivity index (χ1) is 15.9. The molecule has 0 saturated heterocycles. The first-order valence-electron chi connectivity index (χ1n) is 10.5. The summed E-state index contributed by atoms with van der Waals surface area (Å²) in [4.78, 5) is 15.3. The van der Waals surface area contributed by atoms with Gasteiger partial charge in [-0.3, -0.25) is 9.69 Å². The lowest BCUT2D eigenvalue weighted by molar-refractivity contribution is 0.0872.